The summed E-state index contributed by atoms with van der Waals surface area (Å²) in [5.74, 6) is 1.55. The highest BCUT2D eigenvalue weighted by Crippen LogP contribution is 2.27. The van der Waals surface area contributed by atoms with Gasteiger partial charge in [0.2, 0.25) is 0 Å². The molecule has 0 aliphatic rings. The molecule has 0 saturated carbocycles. The van der Waals surface area contributed by atoms with Gasteiger partial charge < -0.3 is 19.5 Å². The van der Waals surface area contributed by atoms with Crippen LogP contribution in [0.1, 0.15) is 29.9 Å². The topological polar surface area (TPSA) is 82.6 Å². The van der Waals surface area contributed by atoms with Crippen molar-refractivity contribution in [3.8, 4) is 11.5 Å². The molecule has 158 valence electrons. The van der Waals surface area contributed by atoms with E-state index in [1.165, 1.54) is 0 Å². The number of hydrogen-bond acceptors (Lipinski definition) is 7. The maximum absolute atomic E-state index is 12.6. The van der Waals surface area contributed by atoms with Crippen molar-refractivity contribution in [3.63, 3.8) is 0 Å². The first-order chi connectivity index (χ1) is 14.5. The lowest BCUT2D eigenvalue weighted by molar-refractivity contribution is 0.0453. The maximum atomic E-state index is 12.6. The summed E-state index contributed by atoms with van der Waals surface area (Å²) in [5.41, 5.74) is 2.63. The van der Waals surface area contributed by atoms with Crippen LogP contribution in [0.4, 0.5) is 5.82 Å². The molecule has 1 aromatic heterocycles. The number of esters is 1. The molecule has 2 aromatic carbocycles. The molecule has 30 heavy (non-hydrogen) atoms. The molecule has 0 aliphatic heterocycles. The zero-order valence-corrected chi connectivity index (χ0v) is 17.8. The van der Waals surface area contributed by atoms with Crippen molar-refractivity contribution in [1.82, 2.24) is 9.97 Å². The van der Waals surface area contributed by atoms with Gasteiger partial charge in [-0.05, 0) is 42.2 Å². The summed E-state index contributed by atoms with van der Waals surface area (Å²) < 4.78 is 16.0. The van der Waals surface area contributed by atoms with Crippen LogP contribution < -0.4 is 14.8 Å². The normalized spacial score (nSPS) is 10.8. The summed E-state index contributed by atoms with van der Waals surface area (Å²) in [4.78, 5) is 21.7. The van der Waals surface area contributed by atoms with E-state index in [2.05, 4.69) is 15.3 Å². The third-order valence-electron chi connectivity index (χ3n) is 4.47. The number of ether oxygens (including phenoxy) is 3. The van der Waals surface area contributed by atoms with Crippen LogP contribution in [-0.4, -0.2) is 43.3 Å². The van der Waals surface area contributed by atoms with Crippen molar-refractivity contribution >= 4 is 22.8 Å². The standard InChI is InChI=1S/C23H27N3O4/c1-15(2)14-30-23(27)21-22(26-18-8-6-5-7-17(18)25-21)24-12-11-16-9-10-19(28-3)20(13-16)29-4/h5-10,13,15H,11-12,14H2,1-4H3,(H,24,26). The molecule has 7 nitrogen and oxygen atoms in total. The lowest BCUT2D eigenvalue weighted by Gasteiger charge is -2.13. The molecule has 0 radical (unpaired) electrons. The third kappa shape index (κ3) is 5.17. The van der Waals surface area contributed by atoms with Crippen LogP contribution >= 0.6 is 0 Å². The summed E-state index contributed by atoms with van der Waals surface area (Å²) >= 11 is 0. The van der Waals surface area contributed by atoms with Gasteiger partial charge in [0.25, 0.3) is 0 Å². The van der Waals surface area contributed by atoms with Gasteiger partial charge in [0.15, 0.2) is 23.0 Å². The first kappa shape index (κ1) is 21.4. The van der Waals surface area contributed by atoms with Crippen LogP contribution in [0.15, 0.2) is 42.5 Å². The average molecular weight is 409 g/mol. The van der Waals surface area contributed by atoms with E-state index < -0.39 is 5.97 Å². The van der Waals surface area contributed by atoms with Crippen molar-refractivity contribution in [3.05, 3.63) is 53.7 Å². The Balaban J connectivity index is 1.78. The van der Waals surface area contributed by atoms with E-state index in [0.717, 1.165) is 5.56 Å². The quantitative estimate of drug-likeness (QED) is 0.533. The van der Waals surface area contributed by atoms with Crippen LogP contribution in [0, 0.1) is 5.92 Å². The molecule has 0 unspecified atom stereocenters. The first-order valence-corrected chi connectivity index (χ1v) is 9.90. The second-order valence-electron chi connectivity index (χ2n) is 7.27. The van der Waals surface area contributed by atoms with Gasteiger partial charge in [-0.15, -0.1) is 0 Å². The summed E-state index contributed by atoms with van der Waals surface area (Å²) in [5, 5.41) is 3.24. The fourth-order valence-corrected chi connectivity index (χ4v) is 2.94. The van der Waals surface area contributed by atoms with Gasteiger partial charge in [0.05, 0.1) is 31.9 Å². The minimum atomic E-state index is -0.476. The van der Waals surface area contributed by atoms with Crippen LogP contribution in [0.2, 0.25) is 0 Å². The summed E-state index contributed by atoms with van der Waals surface area (Å²) in [7, 11) is 3.22. The number of nitrogens with one attached hydrogen (secondary N) is 1. The number of aromatic nitrogens is 2. The van der Waals surface area contributed by atoms with E-state index in [1.54, 1.807) is 14.2 Å². The number of carbonyl (C=O) groups is 1. The number of anilines is 1. The van der Waals surface area contributed by atoms with Crippen molar-refractivity contribution < 1.29 is 19.0 Å². The molecule has 0 atom stereocenters. The van der Waals surface area contributed by atoms with Gasteiger partial charge in [-0.25, -0.2) is 14.8 Å². The molecule has 7 heteroatoms. The van der Waals surface area contributed by atoms with Gasteiger partial charge >= 0.3 is 5.97 Å². The van der Waals surface area contributed by atoms with Gasteiger partial charge in [0.1, 0.15) is 0 Å². The largest absolute Gasteiger partial charge is 0.493 e. The molecule has 3 rings (SSSR count). The van der Waals surface area contributed by atoms with E-state index in [9.17, 15) is 4.79 Å². The lowest BCUT2D eigenvalue weighted by atomic mass is 10.1. The Kier molecular flexibility index (Phi) is 7.06. The van der Waals surface area contributed by atoms with Gasteiger partial charge in [0, 0.05) is 6.54 Å². The molecule has 1 N–H and O–H groups in total. The van der Waals surface area contributed by atoms with E-state index in [4.69, 9.17) is 14.2 Å². The van der Waals surface area contributed by atoms with Crippen LogP contribution in [0.3, 0.4) is 0 Å². The van der Waals surface area contributed by atoms with Crippen LogP contribution in [-0.2, 0) is 11.2 Å². The minimum Gasteiger partial charge on any atom is -0.493 e. The highest BCUT2D eigenvalue weighted by atomic mass is 16.5. The Morgan fingerprint density at radius 3 is 2.37 bits per heavy atom. The predicted octanol–water partition coefficient (Wildman–Crippen LogP) is 4.11. The van der Waals surface area contributed by atoms with Crippen molar-refractivity contribution in [1.29, 1.82) is 0 Å². The molecule has 0 bridgehead atoms. The van der Waals surface area contributed by atoms with Crippen LogP contribution in [0.25, 0.3) is 11.0 Å². The third-order valence-corrected chi connectivity index (χ3v) is 4.47. The summed E-state index contributed by atoms with van der Waals surface area (Å²) in [6.07, 6.45) is 0.704. The van der Waals surface area contributed by atoms with E-state index in [1.807, 2.05) is 56.3 Å². The van der Waals surface area contributed by atoms with Gasteiger partial charge in [-0.2, -0.15) is 0 Å². The minimum absolute atomic E-state index is 0.196. The number of nitrogens with zero attached hydrogens (tertiary/aromatic N) is 2. The number of fused-ring (bicyclic) bond motifs is 1. The predicted molar refractivity (Wildman–Crippen MR) is 116 cm³/mol. The number of carbonyl (C=O) groups excluding carboxylic acids is 1. The molecule has 0 saturated heterocycles. The second-order valence-corrected chi connectivity index (χ2v) is 7.27. The molecule has 3 aromatic rings. The zero-order valence-electron chi connectivity index (χ0n) is 17.8. The molecule has 0 spiro atoms. The highest BCUT2D eigenvalue weighted by Gasteiger charge is 2.18. The lowest BCUT2D eigenvalue weighted by Crippen LogP contribution is -2.17. The SMILES string of the molecule is COc1ccc(CCNc2nc3ccccc3nc2C(=O)OCC(C)C)cc1OC. The molecular formula is C23H27N3O4. The molecule has 1 heterocycles. The first-order valence-electron chi connectivity index (χ1n) is 9.90. The van der Waals surface area contributed by atoms with Crippen molar-refractivity contribution in [2.75, 3.05) is 32.7 Å². The number of para-hydroxylation sites is 2. The zero-order chi connectivity index (χ0) is 21.5. The summed E-state index contributed by atoms with van der Waals surface area (Å²) in [6, 6.07) is 13.2. The fourth-order valence-electron chi connectivity index (χ4n) is 2.94. The van der Waals surface area contributed by atoms with Gasteiger partial charge in [-0.3, -0.25) is 0 Å². The molecule has 0 aliphatic carbocycles. The monoisotopic (exact) mass is 409 g/mol. The molecular weight excluding hydrogens is 382 g/mol. The van der Waals surface area contributed by atoms with Crippen molar-refractivity contribution in [2.45, 2.75) is 20.3 Å². The Morgan fingerprint density at radius 2 is 1.70 bits per heavy atom. The van der Waals surface area contributed by atoms with Crippen molar-refractivity contribution in [2.24, 2.45) is 5.92 Å². The van der Waals surface area contributed by atoms with E-state index in [0.29, 0.717) is 47.9 Å². The molecule has 0 amide bonds. The summed E-state index contributed by atoms with van der Waals surface area (Å²) in [6.45, 7) is 4.87. The number of hydrogen-bond donors (Lipinski definition) is 1. The van der Waals surface area contributed by atoms with E-state index in [-0.39, 0.29) is 11.6 Å². The maximum Gasteiger partial charge on any atom is 0.360 e. The number of benzene rings is 2. The smallest absolute Gasteiger partial charge is 0.360 e. The Hall–Kier alpha value is -3.35. The second kappa shape index (κ2) is 9.91. The Labute approximate surface area is 176 Å². The Bertz CT molecular complexity index is 1020. The number of rotatable bonds is 9. The highest BCUT2D eigenvalue weighted by molar-refractivity contribution is 5.95. The van der Waals surface area contributed by atoms with Gasteiger partial charge in [-0.1, -0.05) is 32.0 Å². The van der Waals surface area contributed by atoms with Crippen LogP contribution in [0.5, 0.6) is 11.5 Å². The van der Waals surface area contributed by atoms with E-state index >= 15 is 0 Å². The molecule has 0 fully saturated rings. The fraction of sp³-hybridized carbons (Fsp3) is 0.348. The average Bonchev–Trinajstić information content (AvgIpc) is 2.76. The Morgan fingerprint density at radius 1 is 1.00 bits per heavy atom. The number of methoxy groups -OCH3 is 2.